The lowest BCUT2D eigenvalue weighted by Gasteiger charge is -2.23. The van der Waals surface area contributed by atoms with E-state index >= 15 is 0 Å². The molecule has 2 aromatic rings. The molecule has 0 aliphatic rings. The van der Waals surface area contributed by atoms with Crippen molar-refractivity contribution in [3.8, 4) is 0 Å². The molecular weight excluding hydrogens is 340 g/mol. The molecule has 6 heteroatoms. The third-order valence-electron chi connectivity index (χ3n) is 3.66. The van der Waals surface area contributed by atoms with Crippen LogP contribution < -0.4 is 10.6 Å². The first-order valence-electron chi connectivity index (χ1n) is 7.87. The molecule has 0 saturated heterocycles. The fourth-order valence-corrected chi connectivity index (χ4v) is 2.30. The molecule has 1 amide bonds. The fourth-order valence-electron chi connectivity index (χ4n) is 2.13. The number of amides is 1. The Bertz CT molecular complexity index is 761. The van der Waals surface area contributed by atoms with Crippen LogP contribution in [-0.2, 0) is 4.79 Å². The molecule has 0 aliphatic heterocycles. The molecule has 3 N–H and O–H groups in total. The van der Waals surface area contributed by atoms with Crippen molar-refractivity contribution >= 4 is 29.0 Å². The maximum Gasteiger partial charge on any atom is 0.238 e. The number of halogens is 1. The van der Waals surface area contributed by atoms with Gasteiger partial charge in [0.05, 0.1) is 18.8 Å². The van der Waals surface area contributed by atoms with Gasteiger partial charge in [-0.25, -0.2) is 0 Å². The number of carbonyl (C=O) groups excluding carboxylic acids is 2. The smallest absolute Gasteiger partial charge is 0.238 e. The number of anilines is 1. The first-order valence-corrected chi connectivity index (χ1v) is 8.25. The Kier molecular flexibility index (Phi) is 6.31. The molecule has 0 atom stereocenters. The summed E-state index contributed by atoms with van der Waals surface area (Å²) < 4.78 is 0. The lowest BCUT2D eigenvalue weighted by molar-refractivity contribution is -0.115. The van der Waals surface area contributed by atoms with E-state index in [0.717, 1.165) is 0 Å². The third-order valence-corrected chi connectivity index (χ3v) is 3.89. The van der Waals surface area contributed by atoms with Gasteiger partial charge >= 0.3 is 0 Å². The Hall–Kier alpha value is -2.21. The summed E-state index contributed by atoms with van der Waals surface area (Å²) in [6.07, 6.45) is 0. The second-order valence-electron chi connectivity index (χ2n) is 6.33. The lowest BCUT2D eigenvalue weighted by atomic mass is 10.0. The van der Waals surface area contributed by atoms with Crippen molar-refractivity contribution in [3.63, 3.8) is 0 Å². The minimum Gasteiger partial charge on any atom is -0.394 e. The predicted molar refractivity (Wildman–Crippen MR) is 99.1 cm³/mol. The molecule has 0 aromatic heterocycles. The number of benzene rings is 2. The van der Waals surface area contributed by atoms with Crippen molar-refractivity contribution in [2.45, 2.75) is 19.4 Å². The van der Waals surface area contributed by atoms with Gasteiger partial charge in [0.2, 0.25) is 5.91 Å². The highest BCUT2D eigenvalue weighted by atomic mass is 35.5. The van der Waals surface area contributed by atoms with E-state index in [1.54, 1.807) is 50.2 Å². The van der Waals surface area contributed by atoms with Crippen LogP contribution in [0, 0.1) is 0 Å². The molecular formula is C19H21ClN2O3. The van der Waals surface area contributed by atoms with E-state index in [4.69, 9.17) is 11.6 Å². The molecule has 25 heavy (non-hydrogen) atoms. The Morgan fingerprint density at radius 3 is 2.44 bits per heavy atom. The molecule has 0 unspecified atom stereocenters. The van der Waals surface area contributed by atoms with Gasteiger partial charge in [-0.15, -0.1) is 0 Å². The van der Waals surface area contributed by atoms with E-state index < -0.39 is 5.54 Å². The number of carbonyl (C=O) groups is 2. The van der Waals surface area contributed by atoms with Crippen molar-refractivity contribution in [1.82, 2.24) is 5.32 Å². The maximum absolute atomic E-state index is 12.7. The molecule has 0 fully saturated rings. The number of aliphatic hydroxyl groups is 1. The zero-order chi connectivity index (χ0) is 18.4. The maximum atomic E-state index is 12.7. The van der Waals surface area contributed by atoms with Crippen LogP contribution in [0.15, 0.2) is 48.5 Å². The summed E-state index contributed by atoms with van der Waals surface area (Å²) >= 11 is 6.02. The first kappa shape index (κ1) is 19.1. The normalized spacial score (nSPS) is 11.2. The van der Waals surface area contributed by atoms with Crippen LogP contribution in [-0.4, -0.2) is 35.5 Å². The van der Waals surface area contributed by atoms with Crippen LogP contribution in [0.5, 0.6) is 0 Å². The van der Waals surface area contributed by atoms with Gasteiger partial charge < -0.3 is 15.7 Å². The largest absolute Gasteiger partial charge is 0.394 e. The van der Waals surface area contributed by atoms with E-state index in [1.165, 1.54) is 6.07 Å². The van der Waals surface area contributed by atoms with Crippen molar-refractivity contribution in [1.29, 1.82) is 0 Å². The molecule has 0 aliphatic carbocycles. The summed E-state index contributed by atoms with van der Waals surface area (Å²) in [4.78, 5) is 24.9. The standard InChI is InChI=1S/C19H21ClN2O3/c1-19(2,12-23)21-11-17(24)22-16-9-8-14(20)10-15(16)18(25)13-6-4-3-5-7-13/h3-10,21,23H,11-12H2,1-2H3,(H,22,24). The number of hydrogen-bond acceptors (Lipinski definition) is 4. The summed E-state index contributed by atoms with van der Waals surface area (Å²) in [6, 6.07) is 13.6. The highest BCUT2D eigenvalue weighted by Gasteiger charge is 2.19. The predicted octanol–water partition coefficient (Wildman–Crippen LogP) is 2.87. The Labute approximate surface area is 152 Å². The van der Waals surface area contributed by atoms with Crippen LogP contribution in [0.1, 0.15) is 29.8 Å². The molecule has 2 rings (SSSR count). The molecule has 0 bridgehead atoms. The van der Waals surface area contributed by atoms with E-state index in [0.29, 0.717) is 21.8 Å². The van der Waals surface area contributed by atoms with Gasteiger partial charge in [0.25, 0.3) is 0 Å². The quantitative estimate of drug-likeness (QED) is 0.663. The summed E-state index contributed by atoms with van der Waals surface area (Å²) in [5.74, 6) is -0.534. The lowest BCUT2D eigenvalue weighted by Crippen LogP contribution is -2.46. The molecule has 0 radical (unpaired) electrons. The SMILES string of the molecule is CC(C)(CO)NCC(=O)Nc1ccc(Cl)cc1C(=O)c1ccccc1. The topological polar surface area (TPSA) is 78.4 Å². The Morgan fingerprint density at radius 1 is 1.12 bits per heavy atom. The van der Waals surface area contributed by atoms with E-state index in [1.807, 2.05) is 6.07 Å². The van der Waals surface area contributed by atoms with Crippen LogP contribution in [0.25, 0.3) is 0 Å². The van der Waals surface area contributed by atoms with Crippen molar-refractivity contribution < 1.29 is 14.7 Å². The minimum atomic E-state index is -0.569. The van der Waals surface area contributed by atoms with Crippen molar-refractivity contribution in [3.05, 3.63) is 64.7 Å². The van der Waals surface area contributed by atoms with Crippen LogP contribution >= 0.6 is 11.6 Å². The van der Waals surface area contributed by atoms with Crippen molar-refractivity contribution in [2.75, 3.05) is 18.5 Å². The Balaban J connectivity index is 2.19. The Morgan fingerprint density at radius 2 is 1.80 bits per heavy atom. The highest BCUT2D eigenvalue weighted by molar-refractivity contribution is 6.31. The average molecular weight is 361 g/mol. The average Bonchev–Trinajstić information content (AvgIpc) is 2.62. The summed E-state index contributed by atoms with van der Waals surface area (Å²) in [5, 5.41) is 15.3. The van der Waals surface area contributed by atoms with E-state index in [9.17, 15) is 14.7 Å². The van der Waals surface area contributed by atoms with Gasteiger partial charge in [0, 0.05) is 21.7 Å². The van der Waals surface area contributed by atoms with Gasteiger partial charge in [-0.05, 0) is 32.0 Å². The minimum absolute atomic E-state index is 0.00908. The van der Waals surface area contributed by atoms with E-state index in [2.05, 4.69) is 10.6 Å². The van der Waals surface area contributed by atoms with Gasteiger partial charge in [0.1, 0.15) is 0 Å². The number of rotatable bonds is 7. The second-order valence-corrected chi connectivity index (χ2v) is 6.77. The van der Waals surface area contributed by atoms with Crippen molar-refractivity contribution in [2.24, 2.45) is 0 Å². The number of nitrogens with one attached hydrogen (secondary N) is 2. The van der Waals surface area contributed by atoms with Gasteiger partial charge in [0.15, 0.2) is 5.78 Å². The molecule has 2 aromatic carbocycles. The van der Waals surface area contributed by atoms with Crippen LogP contribution in [0.2, 0.25) is 5.02 Å². The third kappa shape index (κ3) is 5.39. The fraction of sp³-hybridized carbons (Fsp3) is 0.263. The molecule has 0 saturated carbocycles. The van der Waals surface area contributed by atoms with Gasteiger partial charge in [-0.2, -0.15) is 0 Å². The second kappa shape index (κ2) is 8.25. The van der Waals surface area contributed by atoms with Crippen LogP contribution in [0.4, 0.5) is 5.69 Å². The summed E-state index contributed by atoms with van der Waals surface area (Å²) in [7, 11) is 0. The summed E-state index contributed by atoms with van der Waals surface area (Å²) in [5.41, 5.74) is 0.667. The van der Waals surface area contributed by atoms with Gasteiger partial charge in [-0.3, -0.25) is 9.59 Å². The number of aliphatic hydroxyl groups excluding tert-OH is 1. The zero-order valence-electron chi connectivity index (χ0n) is 14.2. The van der Waals surface area contributed by atoms with E-state index in [-0.39, 0.29) is 24.8 Å². The molecule has 5 nitrogen and oxygen atoms in total. The highest BCUT2D eigenvalue weighted by Crippen LogP contribution is 2.23. The molecule has 0 heterocycles. The molecule has 132 valence electrons. The zero-order valence-corrected chi connectivity index (χ0v) is 14.9. The first-order chi connectivity index (χ1) is 11.8. The van der Waals surface area contributed by atoms with Crippen LogP contribution in [0.3, 0.4) is 0 Å². The monoisotopic (exact) mass is 360 g/mol. The summed E-state index contributed by atoms with van der Waals surface area (Å²) in [6.45, 7) is 3.48. The van der Waals surface area contributed by atoms with Gasteiger partial charge in [-0.1, -0.05) is 41.9 Å². The molecule has 0 spiro atoms. The number of ketones is 1. The number of hydrogen-bond donors (Lipinski definition) is 3.